The van der Waals surface area contributed by atoms with E-state index in [9.17, 15) is 22.8 Å². The topological polar surface area (TPSA) is 122 Å². The second-order valence-corrected chi connectivity index (χ2v) is 10.7. The predicted octanol–water partition coefficient (Wildman–Crippen LogP) is 2.14. The average Bonchev–Trinajstić information content (AvgIpc) is 3.59. The molecular formula is C26H29N3O6S. The van der Waals surface area contributed by atoms with Crippen molar-refractivity contribution in [1.82, 2.24) is 14.9 Å². The number of sulfonamides is 1. The lowest BCUT2D eigenvalue weighted by molar-refractivity contribution is -0.138. The molecule has 9 nitrogen and oxygen atoms in total. The summed E-state index contributed by atoms with van der Waals surface area (Å²) in [5.74, 6) is -1.56. The quantitative estimate of drug-likeness (QED) is 0.472. The highest BCUT2D eigenvalue weighted by Crippen LogP contribution is 2.44. The molecule has 1 heterocycles. The van der Waals surface area contributed by atoms with E-state index in [0.29, 0.717) is 18.7 Å². The maximum absolute atomic E-state index is 13.1. The van der Waals surface area contributed by atoms with Crippen LogP contribution in [0.25, 0.3) is 0 Å². The number of likely N-dealkylation sites (tertiary alicyclic amines) is 1. The third kappa shape index (κ3) is 5.76. The molecule has 2 fully saturated rings. The summed E-state index contributed by atoms with van der Waals surface area (Å²) in [7, 11) is -4.24. The maximum atomic E-state index is 13.1. The van der Waals surface area contributed by atoms with E-state index < -0.39 is 33.3 Å². The molecule has 2 aromatic carbocycles. The summed E-state index contributed by atoms with van der Waals surface area (Å²) in [4.78, 5) is 39.1. The van der Waals surface area contributed by atoms with Crippen LogP contribution < -0.4 is 14.8 Å². The number of nitrogens with one attached hydrogen (secondary N) is 2. The van der Waals surface area contributed by atoms with Crippen LogP contribution in [0.1, 0.15) is 31.2 Å². The van der Waals surface area contributed by atoms with Crippen LogP contribution in [0.5, 0.6) is 5.75 Å². The van der Waals surface area contributed by atoms with Gasteiger partial charge in [-0.05, 0) is 37.0 Å². The molecule has 190 valence electrons. The van der Waals surface area contributed by atoms with Crippen molar-refractivity contribution in [2.75, 3.05) is 13.1 Å². The molecule has 1 saturated carbocycles. The lowest BCUT2D eigenvalue weighted by atomic mass is 10.1. The van der Waals surface area contributed by atoms with Gasteiger partial charge >= 0.3 is 0 Å². The molecule has 10 heteroatoms. The summed E-state index contributed by atoms with van der Waals surface area (Å²) < 4.78 is 33.8. The summed E-state index contributed by atoms with van der Waals surface area (Å²) >= 11 is 0. The van der Waals surface area contributed by atoms with E-state index in [2.05, 4.69) is 16.6 Å². The Bertz CT molecular complexity index is 1260. The van der Waals surface area contributed by atoms with Gasteiger partial charge in [0.2, 0.25) is 11.8 Å². The number of hydrogen-bond acceptors (Lipinski definition) is 6. The molecule has 0 spiro atoms. The fourth-order valence-electron chi connectivity index (χ4n) is 4.27. The summed E-state index contributed by atoms with van der Waals surface area (Å²) in [6.07, 6.45) is 3.72. The molecule has 3 amide bonds. The van der Waals surface area contributed by atoms with Crippen molar-refractivity contribution >= 4 is 27.7 Å². The molecule has 0 aromatic heterocycles. The second kappa shape index (κ2) is 10.5. The molecule has 0 bridgehead atoms. The first-order valence-electron chi connectivity index (χ1n) is 11.8. The summed E-state index contributed by atoms with van der Waals surface area (Å²) in [5.41, 5.74) is -0.501. The van der Waals surface area contributed by atoms with E-state index in [4.69, 9.17) is 4.74 Å². The maximum Gasteiger partial charge on any atom is 0.264 e. The van der Waals surface area contributed by atoms with Gasteiger partial charge in [-0.15, -0.1) is 6.58 Å². The molecule has 4 rings (SSSR count). The summed E-state index contributed by atoms with van der Waals surface area (Å²) in [6.45, 7) is 4.25. The fourth-order valence-corrected chi connectivity index (χ4v) is 5.34. The number of carbonyl (C=O) groups is 3. The van der Waals surface area contributed by atoms with Crippen LogP contribution in [0.4, 0.5) is 0 Å². The van der Waals surface area contributed by atoms with Gasteiger partial charge in [-0.1, -0.05) is 42.5 Å². The van der Waals surface area contributed by atoms with Gasteiger partial charge in [0, 0.05) is 24.9 Å². The van der Waals surface area contributed by atoms with Crippen LogP contribution in [-0.2, 0) is 31.0 Å². The minimum atomic E-state index is -4.24. The van der Waals surface area contributed by atoms with Crippen LogP contribution in [0.15, 0.2) is 72.1 Å². The van der Waals surface area contributed by atoms with Crippen LogP contribution >= 0.6 is 0 Å². The fraction of sp³-hybridized carbons (Fsp3) is 0.346. The largest absolute Gasteiger partial charge is 0.489 e. The summed E-state index contributed by atoms with van der Waals surface area (Å²) in [5, 5.41) is 2.65. The van der Waals surface area contributed by atoms with Crippen LogP contribution in [0, 0.1) is 5.92 Å². The van der Waals surface area contributed by atoms with Crippen molar-refractivity contribution in [1.29, 1.82) is 0 Å². The number of hydrogen-bond donors (Lipinski definition) is 2. The number of benzene rings is 2. The van der Waals surface area contributed by atoms with Gasteiger partial charge in [0.1, 0.15) is 17.9 Å². The molecule has 2 aromatic rings. The van der Waals surface area contributed by atoms with Gasteiger partial charge in [0.05, 0.1) is 11.4 Å². The van der Waals surface area contributed by atoms with Gasteiger partial charge in [-0.2, -0.15) is 0 Å². The van der Waals surface area contributed by atoms with E-state index >= 15 is 0 Å². The molecule has 1 aliphatic heterocycles. The Balaban J connectivity index is 1.42. The molecule has 0 unspecified atom stereocenters. The van der Waals surface area contributed by atoms with Crippen LogP contribution in [0.2, 0.25) is 0 Å². The molecule has 2 atom stereocenters. The van der Waals surface area contributed by atoms with Crippen molar-refractivity contribution < 1.29 is 27.5 Å². The average molecular weight is 512 g/mol. The van der Waals surface area contributed by atoms with Crippen LogP contribution in [0.3, 0.4) is 0 Å². The zero-order valence-electron chi connectivity index (χ0n) is 19.8. The van der Waals surface area contributed by atoms with Gasteiger partial charge in [-0.25, -0.2) is 13.1 Å². The van der Waals surface area contributed by atoms with Crippen molar-refractivity contribution in [3.05, 3.63) is 72.8 Å². The zero-order chi connectivity index (χ0) is 25.8. The molecule has 2 N–H and O–H groups in total. The molecule has 1 saturated heterocycles. The minimum Gasteiger partial charge on any atom is -0.489 e. The smallest absolute Gasteiger partial charge is 0.264 e. The standard InChI is InChI=1S/C26H29N3O6S/c1-2-20-16-26(20,27-23(30)17-29-14-7-6-13-24(29)31)25(32)28-36(33,34)22-12-8-11-21(15-22)35-18-19-9-4-3-5-10-19/h2-5,8-12,15,20H,1,6-7,13-14,16-18H2,(H,27,30)(H,28,32)/t20-,26-/m1/s1. The third-order valence-electron chi connectivity index (χ3n) is 6.41. The number of ether oxygens (including phenoxy) is 1. The summed E-state index contributed by atoms with van der Waals surface area (Å²) in [6, 6.07) is 15.3. The Labute approximate surface area is 210 Å². The van der Waals surface area contributed by atoms with Gasteiger partial charge in [-0.3, -0.25) is 14.4 Å². The number of rotatable bonds is 10. The van der Waals surface area contributed by atoms with Crippen molar-refractivity contribution in [2.24, 2.45) is 5.92 Å². The second-order valence-electron chi connectivity index (χ2n) is 9.02. The first-order valence-corrected chi connectivity index (χ1v) is 13.3. The number of amides is 3. The zero-order valence-corrected chi connectivity index (χ0v) is 20.6. The van der Waals surface area contributed by atoms with Crippen molar-refractivity contribution in [3.8, 4) is 5.75 Å². The highest BCUT2D eigenvalue weighted by Gasteiger charge is 2.60. The van der Waals surface area contributed by atoms with Crippen molar-refractivity contribution in [2.45, 2.75) is 42.7 Å². The lowest BCUT2D eigenvalue weighted by Crippen LogP contribution is -2.54. The Morgan fingerprint density at radius 3 is 2.61 bits per heavy atom. The van der Waals surface area contributed by atoms with E-state index in [1.807, 2.05) is 30.3 Å². The lowest BCUT2D eigenvalue weighted by Gasteiger charge is -2.27. The SMILES string of the molecule is C=C[C@@H]1C[C@]1(NC(=O)CN1CCCCC1=O)C(=O)NS(=O)(=O)c1cccc(OCc2ccccc2)c1. The van der Waals surface area contributed by atoms with E-state index in [-0.39, 0.29) is 30.4 Å². The molecule has 0 radical (unpaired) electrons. The predicted molar refractivity (Wildman–Crippen MR) is 132 cm³/mol. The highest BCUT2D eigenvalue weighted by molar-refractivity contribution is 7.90. The Hall–Kier alpha value is -3.66. The van der Waals surface area contributed by atoms with Gasteiger partial charge in [0.15, 0.2) is 0 Å². The number of nitrogens with zero attached hydrogens (tertiary/aromatic N) is 1. The van der Waals surface area contributed by atoms with E-state index in [1.54, 1.807) is 6.07 Å². The van der Waals surface area contributed by atoms with Crippen molar-refractivity contribution in [3.63, 3.8) is 0 Å². The van der Waals surface area contributed by atoms with Gasteiger partial charge in [0.25, 0.3) is 15.9 Å². The minimum absolute atomic E-state index is 0.108. The molecular weight excluding hydrogens is 482 g/mol. The van der Waals surface area contributed by atoms with Gasteiger partial charge < -0.3 is 15.0 Å². The first-order chi connectivity index (χ1) is 17.2. The highest BCUT2D eigenvalue weighted by atomic mass is 32.2. The first kappa shape index (κ1) is 25.4. The van der Waals surface area contributed by atoms with E-state index in [1.165, 1.54) is 29.2 Å². The van der Waals surface area contributed by atoms with E-state index in [0.717, 1.165) is 18.4 Å². The molecule has 2 aliphatic rings. The third-order valence-corrected chi connectivity index (χ3v) is 7.74. The number of piperidine rings is 1. The number of carbonyl (C=O) groups excluding carboxylic acids is 3. The Morgan fingerprint density at radius 1 is 1.14 bits per heavy atom. The normalized spacial score (nSPS) is 21.4. The molecule has 1 aliphatic carbocycles. The Kier molecular flexibility index (Phi) is 7.44. The molecule has 36 heavy (non-hydrogen) atoms. The monoisotopic (exact) mass is 511 g/mol. The Morgan fingerprint density at radius 2 is 1.92 bits per heavy atom. The van der Waals surface area contributed by atoms with Crippen LogP contribution in [-0.4, -0.2) is 49.7 Å².